The Morgan fingerprint density at radius 2 is 1.71 bits per heavy atom. The molecule has 1 unspecified atom stereocenters. The number of hydrogen-bond donors (Lipinski definition) is 0. The van der Waals surface area contributed by atoms with Gasteiger partial charge >= 0.3 is 0 Å². The summed E-state index contributed by atoms with van der Waals surface area (Å²) in [6, 6.07) is 3.95. The highest BCUT2D eigenvalue weighted by Crippen LogP contribution is 2.25. The molecule has 0 N–H and O–H groups in total. The molecule has 0 bridgehead atoms. The summed E-state index contributed by atoms with van der Waals surface area (Å²) < 4.78 is 10.3. The monoisotopic (exact) mass is 238 g/mol. The van der Waals surface area contributed by atoms with Crippen LogP contribution in [0.3, 0.4) is 0 Å². The zero-order valence-corrected chi connectivity index (χ0v) is 11.4. The molecule has 4 nitrogen and oxygen atoms in total. The average Bonchev–Trinajstić information content (AvgIpc) is 2.34. The largest absolute Gasteiger partial charge is 0.481 e. The van der Waals surface area contributed by atoms with E-state index >= 15 is 0 Å². The molecule has 0 aliphatic heterocycles. The van der Waals surface area contributed by atoms with Gasteiger partial charge in [-0.25, -0.2) is 0 Å². The second-order valence-corrected chi connectivity index (χ2v) is 4.48. The van der Waals surface area contributed by atoms with Crippen molar-refractivity contribution in [2.24, 2.45) is 0 Å². The normalized spacial score (nSPS) is 12.6. The van der Waals surface area contributed by atoms with Crippen molar-refractivity contribution in [1.29, 1.82) is 0 Å². The number of methoxy groups -OCH3 is 2. The van der Waals surface area contributed by atoms with Crippen LogP contribution < -0.4 is 9.47 Å². The lowest BCUT2D eigenvalue weighted by molar-refractivity contribution is 0.360. The van der Waals surface area contributed by atoms with Gasteiger partial charge in [-0.1, -0.05) is 6.92 Å². The molecule has 0 aliphatic rings. The van der Waals surface area contributed by atoms with Crippen molar-refractivity contribution < 1.29 is 9.47 Å². The molecule has 0 aliphatic carbocycles. The predicted molar refractivity (Wildman–Crippen MR) is 68.9 cm³/mol. The Morgan fingerprint density at radius 3 is 2.12 bits per heavy atom. The fourth-order valence-corrected chi connectivity index (χ4v) is 1.61. The molecule has 0 aromatic carbocycles. The summed E-state index contributed by atoms with van der Waals surface area (Å²) in [5, 5.41) is 0. The second-order valence-electron chi connectivity index (χ2n) is 4.48. The summed E-state index contributed by atoms with van der Waals surface area (Å²) >= 11 is 0. The van der Waals surface area contributed by atoms with Crippen LogP contribution in [0.1, 0.15) is 24.8 Å². The third kappa shape index (κ3) is 4.23. The van der Waals surface area contributed by atoms with E-state index < -0.39 is 0 Å². The molecule has 0 radical (unpaired) electrons. The molecule has 0 amide bonds. The van der Waals surface area contributed by atoms with E-state index in [9.17, 15) is 0 Å². The van der Waals surface area contributed by atoms with Crippen molar-refractivity contribution in [3.05, 3.63) is 17.7 Å². The number of ether oxygens (including phenoxy) is 2. The van der Waals surface area contributed by atoms with Crippen molar-refractivity contribution in [3.8, 4) is 11.8 Å². The molecule has 1 aromatic rings. The molecule has 0 saturated heterocycles. The molecule has 0 spiro atoms. The fourth-order valence-electron chi connectivity index (χ4n) is 1.61. The Kier molecular flexibility index (Phi) is 5.22. The Hall–Kier alpha value is -1.29. The molecular formula is C13H22N2O2. The van der Waals surface area contributed by atoms with Gasteiger partial charge in [-0.2, -0.15) is 4.98 Å². The predicted octanol–water partition coefficient (Wildman–Crippen LogP) is 2.15. The number of nitrogens with zero attached hydrogens (tertiary/aromatic N) is 2. The lowest BCUT2D eigenvalue weighted by atomic mass is 9.98. The lowest BCUT2D eigenvalue weighted by Gasteiger charge is -2.16. The van der Waals surface area contributed by atoms with Gasteiger partial charge < -0.3 is 14.4 Å². The summed E-state index contributed by atoms with van der Waals surface area (Å²) in [5.41, 5.74) is 1.20. The highest BCUT2D eigenvalue weighted by atomic mass is 16.5. The van der Waals surface area contributed by atoms with E-state index in [-0.39, 0.29) is 0 Å². The Bertz CT molecular complexity index is 331. The molecule has 0 fully saturated rings. The molecule has 17 heavy (non-hydrogen) atoms. The van der Waals surface area contributed by atoms with Crippen LogP contribution in [0.5, 0.6) is 11.8 Å². The molecule has 0 saturated carbocycles. The van der Waals surface area contributed by atoms with E-state index in [1.807, 2.05) is 12.1 Å². The first kappa shape index (κ1) is 13.8. The van der Waals surface area contributed by atoms with Gasteiger partial charge in [0.25, 0.3) is 0 Å². The van der Waals surface area contributed by atoms with Crippen molar-refractivity contribution in [3.63, 3.8) is 0 Å². The molecule has 1 aromatic heterocycles. The average molecular weight is 238 g/mol. The SMILES string of the molecule is COc1cc(C(C)CCN(C)C)cc(OC)n1. The van der Waals surface area contributed by atoms with Gasteiger partial charge in [-0.15, -0.1) is 0 Å². The highest BCUT2D eigenvalue weighted by molar-refractivity contribution is 5.30. The Labute approximate surface area is 104 Å². The van der Waals surface area contributed by atoms with Gasteiger partial charge in [0.1, 0.15) is 0 Å². The molecule has 1 rings (SSSR count). The fraction of sp³-hybridized carbons (Fsp3) is 0.615. The third-order valence-electron chi connectivity index (χ3n) is 2.80. The number of rotatable bonds is 6. The first-order valence-electron chi connectivity index (χ1n) is 5.81. The van der Waals surface area contributed by atoms with Crippen LogP contribution in [-0.2, 0) is 0 Å². The standard InChI is InChI=1S/C13H22N2O2/c1-10(6-7-15(2)3)11-8-12(16-4)14-13(9-11)17-5/h8-10H,6-7H2,1-5H3. The summed E-state index contributed by atoms with van der Waals surface area (Å²) in [4.78, 5) is 6.38. The van der Waals surface area contributed by atoms with E-state index in [2.05, 4.69) is 30.9 Å². The first-order valence-corrected chi connectivity index (χ1v) is 5.81. The van der Waals surface area contributed by atoms with E-state index in [0.29, 0.717) is 17.7 Å². The van der Waals surface area contributed by atoms with Gasteiger partial charge in [0, 0.05) is 12.1 Å². The number of aromatic nitrogens is 1. The van der Waals surface area contributed by atoms with E-state index in [0.717, 1.165) is 13.0 Å². The molecule has 4 heteroatoms. The molecule has 96 valence electrons. The van der Waals surface area contributed by atoms with Gasteiger partial charge in [-0.3, -0.25) is 0 Å². The van der Waals surface area contributed by atoms with E-state index in [1.54, 1.807) is 14.2 Å². The summed E-state index contributed by atoms with van der Waals surface area (Å²) in [7, 11) is 7.41. The minimum atomic E-state index is 0.461. The maximum atomic E-state index is 5.17. The maximum absolute atomic E-state index is 5.17. The number of pyridine rings is 1. The van der Waals surface area contributed by atoms with Gasteiger partial charge in [0.05, 0.1) is 14.2 Å². The Morgan fingerprint density at radius 1 is 1.18 bits per heavy atom. The molecule has 1 heterocycles. The van der Waals surface area contributed by atoms with Crippen molar-refractivity contribution in [2.45, 2.75) is 19.3 Å². The quantitative estimate of drug-likeness (QED) is 0.760. The minimum absolute atomic E-state index is 0.461. The minimum Gasteiger partial charge on any atom is -0.481 e. The topological polar surface area (TPSA) is 34.6 Å². The van der Waals surface area contributed by atoms with Crippen LogP contribution in [0.4, 0.5) is 0 Å². The van der Waals surface area contributed by atoms with Crippen LogP contribution >= 0.6 is 0 Å². The van der Waals surface area contributed by atoms with Crippen molar-refractivity contribution >= 4 is 0 Å². The smallest absolute Gasteiger partial charge is 0.216 e. The van der Waals surface area contributed by atoms with Crippen LogP contribution in [0.25, 0.3) is 0 Å². The first-order chi connectivity index (χ1) is 8.06. The van der Waals surface area contributed by atoms with Gasteiger partial charge in [0.2, 0.25) is 11.8 Å². The van der Waals surface area contributed by atoms with Gasteiger partial charge in [-0.05, 0) is 38.5 Å². The van der Waals surface area contributed by atoms with Crippen LogP contribution in [0.2, 0.25) is 0 Å². The number of hydrogen-bond acceptors (Lipinski definition) is 4. The van der Waals surface area contributed by atoms with Crippen LogP contribution in [0, 0.1) is 0 Å². The second kappa shape index (κ2) is 6.45. The zero-order chi connectivity index (χ0) is 12.8. The summed E-state index contributed by atoms with van der Waals surface area (Å²) in [6.07, 6.45) is 1.10. The lowest BCUT2D eigenvalue weighted by Crippen LogP contribution is -2.15. The highest BCUT2D eigenvalue weighted by Gasteiger charge is 2.10. The van der Waals surface area contributed by atoms with E-state index in [4.69, 9.17) is 9.47 Å². The zero-order valence-electron chi connectivity index (χ0n) is 11.4. The van der Waals surface area contributed by atoms with Crippen molar-refractivity contribution in [2.75, 3.05) is 34.9 Å². The van der Waals surface area contributed by atoms with Crippen molar-refractivity contribution in [1.82, 2.24) is 9.88 Å². The van der Waals surface area contributed by atoms with Gasteiger partial charge in [0.15, 0.2) is 0 Å². The summed E-state index contributed by atoms with van der Waals surface area (Å²) in [5.74, 6) is 1.68. The molecule has 1 atom stereocenters. The van der Waals surface area contributed by atoms with E-state index in [1.165, 1.54) is 5.56 Å². The van der Waals surface area contributed by atoms with Crippen LogP contribution in [-0.4, -0.2) is 44.7 Å². The Balaban J connectivity index is 2.80. The molecular weight excluding hydrogens is 216 g/mol. The summed E-state index contributed by atoms with van der Waals surface area (Å²) in [6.45, 7) is 3.27. The maximum Gasteiger partial charge on any atom is 0.216 e. The third-order valence-corrected chi connectivity index (χ3v) is 2.80. The van der Waals surface area contributed by atoms with Crippen LogP contribution in [0.15, 0.2) is 12.1 Å².